The maximum Gasteiger partial charge on any atom is 0.253 e. The molecule has 0 aromatic heterocycles. The number of ether oxygens (including phenoxy) is 1. The van der Waals surface area contributed by atoms with E-state index in [1.54, 1.807) is 29.2 Å². The molecule has 3 rings (SSSR count). The van der Waals surface area contributed by atoms with E-state index in [2.05, 4.69) is 0 Å². The van der Waals surface area contributed by atoms with Gasteiger partial charge in [-0.05, 0) is 36.8 Å². The topological polar surface area (TPSA) is 66.9 Å². The van der Waals surface area contributed by atoms with Gasteiger partial charge in [0, 0.05) is 31.7 Å². The van der Waals surface area contributed by atoms with Gasteiger partial charge in [0.05, 0.1) is 7.11 Å². The molecule has 2 aromatic rings. The molecule has 2 aromatic carbocycles. The van der Waals surface area contributed by atoms with E-state index in [0.717, 1.165) is 5.56 Å². The number of piperazine rings is 1. The normalized spacial score (nSPS) is 15.7. The Balaban J connectivity index is 1.75. The third-order valence-corrected chi connectivity index (χ3v) is 6.40. The van der Waals surface area contributed by atoms with Gasteiger partial charge in [0.2, 0.25) is 10.0 Å². The lowest BCUT2D eigenvalue weighted by Crippen LogP contribution is -2.50. The fourth-order valence-electron chi connectivity index (χ4n) is 3.02. The Morgan fingerprint density at radius 3 is 2.27 bits per heavy atom. The predicted molar refractivity (Wildman–Crippen MR) is 98.8 cm³/mol. The third-order valence-electron chi connectivity index (χ3n) is 4.48. The number of hydrogen-bond acceptors (Lipinski definition) is 4. The van der Waals surface area contributed by atoms with Crippen molar-refractivity contribution in [1.82, 2.24) is 9.21 Å². The molecule has 6 nitrogen and oxygen atoms in total. The Labute approximate surface area is 154 Å². The lowest BCUT2D eigenvalue weighted by Gasteiger charge is -2.34. The molecule has 1 aliphatic heterocycles. The predicted octanol–water partition coefficient (Wildman–Crippen LogP) is 2.15. The van der Waals surface area contributed by atoms with Crippen molar-refractivity contribution >= 4 is 15.9 Å². The first-order valence-corrected chi connectivity index (χ1v) is 9.86. The molecule has 1 heterocycles. The summed E-state index contributed by atoms with van der Waals surface area (Å²) in [7, 11) is -2.21. The highest BCUT2D eigenvalue weighted by Crippen LogP contribution is 2.28. The fourth-order valence-corrected chi connectivity index (χ4v) is 4.68. The highest BCUT2D eigenvalue weighted by Gasteiger charge is 2.32. The summed E-state index contributed by atoms with van der Waals surface area (Å²) in [5.41, 5.74) is 1.46. The van der Waals surface area contributed by atoms with Crippen LogP contribution >= 0.6 is 0 Å². The average Bonchev–Trinajstić information content (AvgIpc) is 2.68. The summed E-state index contributed by atoms with van der Waals surface area (Å²) in [6, 6.07) is 14.1. The summed E-state index contributed by atoms with van der Waals surface area (Å²) in [4.78, 5) is 14.4. The van der Waals surface area contributed by atoms with Crippen LogP contribution in [-0.2, 0) is 10.0 Å². The number of carbonyl (C=O) groups is 1. The first kappa shape index (κ1) is 18.4. The van der Waals surface area contributed by atoms with E-state index in [4.69, 9.17) is 4.74 Å². The van der Waals surface area contributed by atoms with Gasteiger partial charge in [0.1, 0.15) is 10.6 Å². The van der Waals surface area contributed by atoms with E-state index in [9.17, 15) is 13.2 Å². The second-order valence-electron chi connectivity index (χ2n) is 6.22. The van der Waals surface area contributed by atoms with Gasteiger partial charge in [-0.3, -0.25) is 4.79 Å². The van der Waals surface area contributed by atoms with Gasteiger partial charge in [-0.1, -0.05) is 24.3 Å². The van der Waals surface area contributed by atoms with E-state index in [0.29, 0.717) is 24.4 Å². The monoisotopic (exact) mass is 374 g/mol. The summed E-state index contributed by atoms with van der Waals surface area (Å²) in [5.74, 6) is 0.258. The van der Waals surface area contributed by atoms with Crippen molar-refractivity contribution in [2.75, 3.05) is 33.3 Å². The number of carbonyl (C=O) groups excluding carboxylic acids is 1. The van der Waals surface area contributed by atoms with Crippen molar-refractivity contribution in [2.24, 2.45) is 0 Å². The van der Waals surface area contributed by atoms with E-state index in [1.165, 1.54) is 11.4 Å². The summed E-state index contributed by atoms with van der Waals surface area (Å²) < 4.78 is 32.7. The molecule has 0 saturated carbocycles. The Kier molecular flexibility index (Phi) is 5.29. The SMILES string of the molecule is COc1ccc(C)cc1S(=O)(=O)N1CCN(C(=O)c2ccccc2)CC1. The zero-order valence-corrected chi connectivity index (χ0v) is 15.7. The molecule has 1 fully saturated rings. The van der Waals surface area contributed by atoms with Crippen LogP contribution in [0.25, 0.3) is 0 Å². The average molecular weight is 374 g/mol. The Morgan fingerprint density at radius 2 is 1.65 bits per heavy atom. The lowest BCUT2D eigenvalue weighted by atomic mass is 10.2. The van der Waals surface area contributed by atoms with E-state index < -0.39 is 10.0 Å². The molecule has 138 valence electrons. The second kappa shape index (κ2) is 7.47. The molecule has 0 N–H and O–H groups in total. The number of sulfonamides is 1. The molecular formula is C19H22N2O4S. The van der Waals surface area contributed by atoms with Gasteiger partial charge < -0.3 is 9.64 Å². The number of hydrogen-bond donors (Lipinski definition) is 0. The molecule has 0 bridgehead atoms. The summed E-state index contributed by atoms with van der Waals surface area (Å²) in [6.07, 6.45) is 0. The van der Waals surface area contributed by atoms with Gasteiger partial charge in [0.25, 0.3) is 5.91 Å². The smallest absolute Gasteiger partial charge is 0.253 e. The van der Waals surface area contributed by atoms with Crippen molar-refractivity contribution in [1.29, 1.82) is 0 Å². The zero-order valence-electron chi connectivity index (χ0n) is 14.9. The molecule has 0 radical (unpaired) electrons. The van der Waals surface area contributed by atoms with E-state index in [-0.39, 0.29) is 23.9 Å². The Hall–Kier alpha value is -2.38. The van der Waals surface area contributed by atoms with Crippen LogP contribution in [0.15, 0.2) is 53.4 Å². The van der Waals surface area contributed by atoms with Gasteiger partial charge in [-0.15, -0.1) is 0 Å². The third kappa shape index (κ3) is 3.59. The van der Waals surface area contributed by atoms with Crippen molar-refractivity contribution in [3.63, 3.8) is 0 Å². The maximum absolute atomic E-state index is 13.0. The number of amides is 1. The highest BCUT2D eigenvalue weighted by atomic mass is 32.2. The van der Waals surface area contributed by atoms with Crippen LogP contribution in [0, 0.1) is 6.92 Å². The van der Waals surface area contributed by atoms with Crippen LogP contribution in [0.4, 0.5) is 0 Å². The number of benzene rings is 2. The van der Waals surface area contributed by atoms with Crippen LogP contribution in [-0.4, -0.2) is 56.8 Å². The molecule has 1 aliphatic rings. The quantitative estimate of drug-likeness (QED) is 0.822. The van der Waals surface area contributed by atoms with Crippen LogP contribution < -0.4 is 4.74 Å². The fraction of sp³-hybridized carbons (Fsp3) is 0.316. The van der Waals surface area contributed by atoms with Crippen LogP contribution in [0.2, 0.25) is 0 Å². The number of rotatable bonds is 4. The molecule has 1 amide bonds. The van der Waals surface area contributed by atoms with Crippen LogP contribution in [0.5, 0.6) is 5.75 Å². The van der Waals surface area contributed by atoms with E-state index in [1.807, 2.05) is 31.2 Å². The highest BCUT2D eigenvalue weighted by molar-refractivity contribution is 7.89. The largest absolute Gasteiger partial charge is 0.495 e. The van der Waals surface area contributed by atoms with Gasteiger partial charge in [-0.2, -0.15) is 4.31 Å². The number of methoxy groups -OCH3 is 1. The Morgan fingerprint density at radius 1 is 1.00 bits per heavy atom. The molecule has 0 aliphatic carbocycles. The first-order valence-electron chi connectivity index (χ1n) is 8.42. The van der Waals surface area contributed by atoms with Gasteiger partial charge in [-0.25, -0.2) is 8.42 Å². The molecule has 7 heteroatoms. The number of aryl methyl sites for hydroxylation is 1. The zero-order chi connectivity index (χ0) is 18.7. The minimum absolute atomic E-state index is 0.0733. The van der Waals surface area contributed by atoms with Crippen molar-refractivity contribution in [2.45, 2.75) is 11.8 Å². The molecule has 0 spiro atoms. The van der Waals surface area contributed by atoms with Crippen LogP contribution in [0.1, 0.15) is 15.9 Å². The minimum atomic E-state index is -3.67. The maximum atomic E-state index is 13.0. The molecular weight excluding hydrogens is 352 g/mol. The van der Waals surface area contributed by atoms with Crippen molar-refractivity contribution < 1.29 is 17.9 Å². The number of nitrogens with zero attached hydrogens (tertiary/aromatic N) is 2. The summed E-state index contributed by atoms with van der Waals surface area (Å²) >= 11 is 0. The summed E-state index contributed by atoms with van der Waals surface area (Å²) in [6.45, 7) is 3.09. The van der Waals surface area contributed by atoms with E-state index >= 15 is 0 Å². The Bertz CT molecular complexity index is 889. The second-order valence-corrected chi connectivity index (χ2v) is 8.12. The molecule has 26 heavy (non-hydrogen) atoms. The summed E-state index contributed by atoms with van der Waals surface area (Å²) in [5, 5.41) is 0. The van der Waals surface area contributed by atoms with Crippen molar-refractivity contribution in [3.05, 3.63) is 59.7 Å². The molecule has 0 unspecified atom stereocenters. The van der Waals surface area contributed by atoms with Gasteiger partial charge >= 0.3 is 0 Å². The molecule has 1 saturated heterocycles. The van der Waals surface area contributed by atoms with Gasteiger partial charge in [0.15, 0.2) is 0 Å². The van der Waals surface area contributed by atoms with Crippen molar-refractivity contribution in [3.8, 4) is 5.75 Å². The lowest BCUT2D eigenvalue weighted by molar-refractivity contribution is 0.0698. The molecule has 0 atom stereocenters. The first-order chi connectivity index (χ1) is 12.4. The standard InChI is InChI=1S/C19H22N2O4S/c1-15-8-9-17(25-2)18(14-15)26(23,24)21-12-10-20(11-13-21)19(22)16-6-4-3-5-7-16/h3-9,14H,10-13H2,1-2H3. The van der Waals surface area contributed by atoms with Crippen LogP contribution in [0.3, 0.4) is 0 Å². The minimum Gasteiger partial charge on any atom is -0.495 e.